The maximum Gasteiger partial charge on any atom is 0.337 e. The summed E-state index contributed by atoms with van der Waals surface area (Å²) in [6, 6.07) is 7.83. The van der Waals surface area contributed by atoms with Gasteiger partial charge in [-0.1, -0.05) is 34.8 Å². The monoisotopic (exact) mass is 462 g/mol. The van der Waals surface area contributed by atoms with Crippen LogP contribution in [0.4, 0.5) is 0 Å². The van der Waals surface area contributed by atoms with Gasteiger partial charge in [0.2, 0.25) is 0 Å². The third-order valence-corrected chi connectivity index (χ3v) is 5.21. The van der Waals surface area contributed by atoms with Crippen molar-refractivity contribution in [1.29, 1.82) is 0 Å². The van der Waals surface area contributed by atoms with E-state index in [1.54, 1.807) is 18.2 Å². The minimum Gasteiger partial charge on any atom is -0.487 e. The number of ether oxygens (including phenoxy) is 2. The van der Waals surface area contributed by atoms with Crippen molar-refractivity contribution in [2.24, 2.45) is 0 Å². The van der Waals surface area contributed by atoms with Crippen LogP contribution in [0.5, 0.6) is 5.75 Å². The molecule has 1 aromatic heterocycles. The van der Waals surface area contributed by atoms with E-state index in [9.17, 15) is 9.59 Å². The van der Waals surface area contributed by atoms with E-state index in [4.69, 9.17) is 44.3 Å². The van der Waals surface area contributed by atoms with E-state index in [0.717, 1.165) is 11.1 Å². The fourth-order valence-electron chi connectivity index (χ4n) is 3.05. The standard InChI is InChI=1S/C21H13Cl3N2O4/c1-29-21(28)11-2-3-14-17(7-11)25-19(26-20(14)27)16(24)5-10-4-12-6-13(22)8-15(23)18(12)30-9-10/h2-8H,9H2,1H3,(H,25,26,27)/b16-5-. The van der Waals surface area contributed by atoms with E-state index < -0.39 is 5.97 Å². The van der Waals surface area contributed by atoms with Gasteiger partial charge < -0.3 is 14.5 Å². The van der Waals surface area contributed by atoms with Crippen LogP contribution in [0.15, 0.2) is 46.8 Å². The van der Waals surface area contributed by atoms with Crippen LogP contribution >= 0.6 is 34.8 Å². The first kappa shape index (κ1) is 20.5. The number of nitrogens with zero attached hydrogens (tertiary/aromatic N) is 1. The molecule has 0 bridgehead atoms. The molecule has 0 unspecified atom stereocenters. The number of methoxy groups -OCH3 is 1. The lowest BCUT2D eigenvalue weighted by atomic mass is 10.1. The molecule has 0 spiro atoms. The molecule has 4 rings (SSSR count). The van der Waals surface area contributed by atoms with Crippen molar-refractivity contribution >= 4 is 62.8 Å². The summed E-state index contributed by atoms with van der Waals surface area (Å²) in [5.74, 6) is 0.177. The highest BCUT2D eigenvalue weighted by molar-refractivity contribution is 6.48. The molecule has 0 aliphatic carbocycles. The molecular formula is C21H13Cl3N2O4. The van der Waals surface area contributed by atoms with Gasteiger partial charge >= 0.3 is 5.97 Å². The number of nitrogens with one attached hydrogen (secondary N) is 1. The molecular weight excluding hydrogens is 451 g/mol. The van der Waals surface area contributed by atoms with Gasteiger partial charge in [-0.2, -0.15) is 0 Å². The van der Waals surface area contributed by atoms with E-state index in [1.165, 1.54) is 25.3 Å². The molecule has 0 fully saturated rings. The number of H-pyrrole nitrogens is 1. The molecule has 1 aliphatic heterocycles. The molecule has 1 aliphatic rings. The number of esters is 1. The molecule has 2 aromatic carbocycles. The van der Waals surface area contributed by atoms with Gasteiger partial charge in [-0.25, -0.2) is 9.78 Å². The van der Waals surface area contributed by atoms with Crippen LogP contribution in [0.25, 0.3) is 22.0 Å². The Morgan fingerprint density at radius 1 is 1.27 bits per heavy atom. The highest BCUT2D eigenvalue weighted by Gasteiger charge is 2.16. The van der Waals surface area contributed by atoms with Gasteiger partial charge in [-0.05, 0) is 48.1 Å². The number of hydrogen-bond donors (Lipinski definition) is 1. The van der Waals surface area contributed by atoms with Gasteiger partial charge in [0, 0.05) is 10.6 Å². The van der Waals surface area contributed by atoms with Crippen LogP contribution in [0.3, 0.4) is 0 Å². The lowest BCUT2D eigenvalue weighted by Gasteiger charge is -2.18. The Kier molecular flexibility index (Phi) is 5.56. The number of aromatic nitrogens is 2. The molecule has 0 saturated carbocycles. The SMILES string of the molecule is COC(=O)c1ccc2c(=O)[nH]c(/C(Cl)=C/C3=Cc4cc(Cl)cc(Cl)c4OC3)nc2c1. The number of carbonyl (C=O) groups is 1. The second kappa shape index (κ2) is 8.14. The summed E-state index contributed by atoms with van der Waals surface area (Å²) in [6.45, 7) is 0.231. The van der Waals surface area contributed by atoms with E-state index in [0.29, 0.717) is 26.7 Å². The molecule has 30 heavy (non-hydrogen) atoms. The Labute approximate surface area is 185 Å². The van der Waals surface area contributed by atoms with Gasteiger partial charge in [0.15, 0.2) is 5.82 Å². The molecule has 0 radical (unpaired) electrons. The minimum absolute atomic E-state index is 0.159. The minimum atomic E-state index is -0.525. The van der Waals surface area contributed by atoms with Gasteiger partial charge in [0.1, 0.15) is 12.4 Å². The number of halogens is 3. The molecule has 2 heterocycles. The summed E-state index contributed by atoms with van der Waals surface area (Å²) in [5, 5.41) is 1.43. The predicted octanol–water partition coefficient (Wildman–Crippen LogP) is 5.07. The Hall–Kier alpha value is -2.80. The summed E-state index contributed by atoms with van der Waals surface area (Å²) < 4.78 is 10.4. The number of hydrogen-bond acceptors (Lipinski definition) is 5. The number of rotatable bonds is 3. The Balaban J connectivity index is 1.74. The zero-order valence-corrected chi connectivity index (χ0v) is 17.7. The van der Waals surface area contributed by atoms with Crippen molar-refractivity contribution in [2.45, 2.75) is 0 Å². The molecule has 1 N–H and O–H groups in total. The van der Waals surface area contributed by atoms with Gasteiger partial charge in [0.25, 0.3) is 5.56 Å². The second-order valence-electron chi connectivity index (χ2n) is 6.44. The van der Waals surface area contributed by atoms with E-state index >= 15 is 0 Å². The van der Waals surface area contributed by atoms with Gasteiger partial charge in [-0.3, -0.25) is 4.79 Å². The third kappa shape index (κ3) is 3.94. The average Bonchev–Trinajstić information content (AvgIpc) is 2.72. The molecule has 152 valence electrons. The number of benzene rings is 2. The zero-order chi connectivity index (χ0) is 21.4. The largest absolute Gasteiger partial charge is 0.487 e. The Morgan fingerprint density at radius 2 is 2.07 bits per heavy atom. The van der Waals surface area contributed by atoms with Crippen molar-refractivity contribution in [3.05, 3.63) is 79.3 Å². The summed E-state index contributed by atoms with van der Waals surface area (Å²) >= 11 is 18.6. The highest BCUT2D eigenvalue weighted by atomic mass is 35.5. The quantitative estimate of drug-likeness (QED) is 0.548. The zero-order valence-electron chi connectivity index (χ0n) is 15.5. The van der Waals surface area contributed by atoms with Gasteiger partial charge in [0.05, 0.1) is 33.6 Å². The van der Waals surface area contributed by atoms with Crippen LogP contribution < -0.4 is 10.3 Å². The first-order chi connectivity index (χ1) is 14.4. The molecule has 3 aromatic rings. The molecule has 6 nitrogen and oxygen atoms in total. The predicted molar refractivity (Wildman–Crippen MR) is 117 cm³/mol. The van der Waals surface area contributed by atoms with Crippen LogP contribution in [-0.4, -0.2) is 29.7 Å². The summed E-state index contributed by atoms with van der Waals surface area (Å²) in [4.78, 5) is 31.2. The van der Waals surface area contributed by atoms with Crippen LogP contribution in [-0.2, 0) is 4.74 Å². The molecule has 0 saturated heterocycles. The maximum absolute atomic E-state index is 12.4. The average molecular weight is 464 g/mol. The number of carbonyl (C=O) groups excluding carboxylic acids is 1. The molecule has 0 atom stereocenters. The first-order valence-corrected chi connectivity index (χ1v) is 9.81. The fraction of sp³-hybridized carbons (Fsp3) is 0.0952. The normalized spacial score (nSPS) is 13.5. The molecule has 0 amide bonds. The van der Waals surface area contributed by atoms with Crippen LogP contribution in [0.2, 0.25) is 10.0 Å². The Bertz CT molecular complexity index is 1310. The lowest BCUT2D eigenvalue weighted by Crippen LogP contribution is -2.12. The summed E-state index contributed by atoms with van der Waals surface area (Å²) in [6.07, 6.45) is 3.47. The summed E-state index contributed by atoms with van der Waals surface area (Å²) in [5.41, 5.74) is 1.67. The highest BCUT2D eigenvalue weighted by Crippen LogP contribution is 2.37. The van der Waals surface area contributed by atoms with Crippen molar-refractivity contribution in [3.8, 4) is 5.75 Å². The second-order valence-corrected chi connectivity index (χ2v) is 7.70. The van der Waals surface area contributed by atoms with Crippen molar-refractivity contribution < 1.29 is 14.3 Å². The Morgan fingerprint density at radius 3 is 2.83 bits per heavy atom. The van der Waals surface area contributed by atoms with Crippen LogP contribution in [0, 0.1) is 0 Å². The van der Waals surface area contributed by atoms with Crippen molar-refractivity contribution in [1.82, 2.24) is 9.97 Å². The lowest BCUT2D eigenvalue weighted by molar-refractivity contribution is 0.0601. The van der Waals surface area contributed by atoms with Gasteiger partial charge in [-0.15, -0.1) is 0 Å². The van der Waals surface area contributed by atoms with Crippen molar-refractivity contribution in [3.63, 3.8) is 0 Å². The third-order valence-electron chi connectivity index (χ3n) is 4.43. The van der Waals surface area contributed by atoms with Crippen molar-refractivity contribution in [2.75, 3.05) is 13.7 Å². The number of fused-ring (bicyclic) bond motifs is 2. The van der Waals surface area contributed by atoms with E-state index in [-0.39, 0.29) is 28.6 Å². The van der Waals surface area contributed by atoms with E-state index in [2.05, 4.69) is 9.97 Å². The first-order valence-electron chi connectivity index (χ1n) is 8.68. The van der Waals surface area contributed by atoms with Crippen LogP contribution in [0.1, 0.15) is 21.7 Å². The maximum atomic E-state index is 12.4. The topological polar surface area (TPSA) is 81.3 Å². The van der Waals surface area contributed by atoms with E-state index in [1.807, 2.05) is 6.08 Å². The fourth-order valence-corrected chi connectivity index (χ4v) is 3.84. The summed E-state index contributed by atoms with van der Waals surface area (Å²) in [7, 11) is 1.28. The molecule has 9 heteroatoms. The number of aromatic amines is 1. The smallest absolute Gasteiger partial charge is 0.337 e.